The molecule has 0 unspecified atom stereocenters. The van der Waals surface area contributed by atoms with Crippen LogP contribution in [0.5, 0.6) is 5.75 Å². The quantitative estimate of drug-likeness (QED) is 0.124. The zero-order valence-corrected chi connectivity index (χ0v) is 48.5. The van der Waals surface area contributed by atoms with Gasteiger partial charge >= 0.3 is 0 Å². The first-order valence-electron chi connectivity index (χ1n) is 30.9. The standard InChI is InChI=1S/C80H70N2O2/c1-4-53-24-17-34-60(47-53)82(73-41-21-39-67-66-38-19-37-63(79(66)84-80(67)73)54-25-8-5-9-26-54)75-50-71(56-29-12-7-13-30-56)65-42-44-68-74(49-70(55-27-10-6-11-28-55)64-43-45-69(75)77(65)76(64)68)81(59-33-16-22-51(2)46-59)72-40-20-36-62(78(72)83)58-32-18-31-57(48-58)61-35-15-14-23-52(61)3/h5,8-9,14-26,31-50,55-56,83H,4,6-7,10-13,27-30H2,1-3H3. The van der Waals surface area contributed by atoms with Crippen molar-refractivity contribution in [3.05, 3.63) is 246 Å². The smallest absolute Gasteiger partial charge is 0.159 e. The van der Waals surface area contributed by atoms with Crippen molar-refractivity contribution >= 4 is 88.4 Å². The summed E-state index contributed by atoms with van der Waals surface area (Å²) >= 11 is 0. The highest BCUT2D eigenvalue weighted by molar-refractivity contribution is 6.30. The van der Waals surface area contributed by atoms with Crippen molar-refractivity contribution in [1.82, 2.24) is 0 Å². The Kier molecular flexibility index (Phi) is 13.3. The summed E-state index contributed by atoms with van der Waals surface area (Å²) in [5.74, 6) is 1.06. The number of phenolic OH excluding ortho intramolecular Hbond substituents is 1. The maximum Gasteiger partial charge on any atom is 0.159 e. The third-order valence-corrected chi connectivity index (χ3v) is 19.0. The first kappa shape index (κ1) is 51.7. The average Bonchev–Trinajstić information content (AvgIpc) is 0.918. The van der Waals surface area contributed by atoms with Gasteiger partial charge in [0.1, 0.15) is 11.3 Å². The fourth-order valence-corrected chi connectivity index (χ4v) is 14.9. The van der Waals surface area contributed by atoms with Gasteiger partial charge in [0.05, 0.1) is 22.7 Å². The van der Waals surface area contributed by atoms with Gasteiger partial charge in [-0.05, 0) is 184 Å². The lowest BCUT2D eigenvalue weighted by Crippen LogP contribution is -2.15. The second-order valence-corrected chi connectivity index (χ2v) is 24.1. The number of benzene rings is 12. The second kappa shape index (κ2) is 21.6. The molecule has 2 saturated carbocycles. The number of para-hydroxylation sites is 3. The van der Waals surface area contributed by atoms with Crippen LogP contribution >= 0.6 is 0 Å². The SMILES string of the molecule is CCc1cccc(N(c2cc(C3CCCCC3)c3ccc4c(N(c5cccc(C)c5)c5cccc(-c6cccc(-c7ccccc7C)c6)c5O)cc(C5CCCCC5)c5ccc2c3c54)c2cccc3c2oc2c(-c4ccccc4)cccc23)c1. The molecule has 84 heavy (non-hydrogen) atoms. The average molecular weight is 1090 g/mol. The molecule has 1 N–H and O–H groups in total. The van der Waals surface area contributed by atoms with Crippen molar-refractivity contribution in [1.29, 1.82) is 0 Å². The molecule has 4 nitrogen and oxygen atoms in total. The summed E-state index contributed by atoms with van der Waals surface area (Å²) in [6.45, 7) is 6.60. The Labute approximate surface area is 493 Å². The molecule has 1 heterocycles. The summed E-state index contributed by atoms with van der Waals surface area (Å²) in [6.07, 6.45) is 13.0. The largest absolute Gasteiger partial charge is 0.505 e. The molecule has 0 radical (unpaired) electrons. The van der Waals surface area contributed by atoms with E-state index in [0.717, 1.165) is 103 Å². The number of aryl methyl sites for hydroxylation is 3. The topological polar surface area (TPSA) is 39.9 Å². The van der Waals surface area contributed by atoms with Crippen molar-refractivity contribution in [3.8, 4) is 39.1 Å². The molecule has 1 aromatic heterocycles. The van der Waals surface area contributed by atoms with Crippen LogP contribution in [0.3, 0.4) is 0 Å². The highest BCUT2D eigenvalue weighted by atomic mass is 16.3. The van der Waals surface area contributed by atoms with Crippen LogP contribution in [0.4, 0.5) is 34.1 Å². The number of aromatic hydroxyl groups is 1. The Hall–Kier alpha value is -9.12. The van der Waals surface area contributed by atoms with Gasteiger partial charge in [0.25, 0.3) is 0 Å². The van der Waals surface area contributed by atoms with E-state index in [1.807, 2.05) is 0 Å². The maximum absolute atomic E-state index is 13.2. The van der Waals surface area contributed by atoms with Gasteiger partial charge in [-0.2, -0.15) is 0 Å². The Bertz CT molecular complexity index is 4610. The van der Waals surface area contributed by atoms with Gasteiger partial charge in [-0.1, -0.05) is 209 Å². The number of anilines is 6. The second-order valence-electron chi connectivity index (χ2n) is 24.1. The predicted octanol–water partition coefficient (Wildman–Crippen LogP) is 23.4. The van der Waals surface area contributed by atoms with Crippen molar-refractivity contribution in [2.45, 2.75) is 103 Å². The lowest BCUT2D eigenvalue weighted by Gasteiger charge is -2.33. The fourth-order valence-electron chi connectivity index (χ4n) is 14.9. The Morgan fingerprint density at radius 1 is 0.393 bits per heavy atom. The molecular weight excluding hydrogens is 1020 g/mol. The van der Waals surface area contributed by atoms with E-state index in [4.69, 9.17) is 4.42 Å². The number of hydrogen-bond acceptors (Lipinski definition) is 4. The van der Waals surface area contributed by atoms with E-state index in [1.165, 1.54) is 117 Å². The van der Waals surface area contributed by atoms with Crippen molar-refractivity contribution in [2.24, 2.45) is 0 Å². The molecule has 2 aliphatic rings. The molecule has 4 heteroatoms. The maximum atomic E-state index is 13.2. The minimum absolute atomic E-state index is 0.258. The summed E-state index contributed by atoms with van der Waals surface area (Å²) in [7, 11) is 0. The van der Waals surface area contributed by atoms with Gasteiger partial charge in [0.15, 0.2) is 5.58 Å². The number of furan rings is 1. The lowest BCUT2D eigenvalue weighted by molar-refractivity contribution is 0.445. The third kappa shape index (κ3) is 8.88. The summed E-state index contributed by atoms with van der Waals surface area (Å²) in [5.41, 5.74) is 20.8. The summed E-state index contributed by atoms with van der Waals surface area (Å²) in [5, 5.41) is 23.1. The lowest BCUT2D eigenvalue weighted by atomic mass is 9.77. The van der Waals surface area contributed by atoms with Gasteiger partial charge in [-0.15, -0.1) is 0 Å². The van der Waals surface area contributed by atoms with E-state index < -0.39 is 0 Å². The first-order chi connectivity index (χ1) is 41.4. The van der Waals surface area contributed by atoms with E-state index >= 15 is 0 Å². The fraction of sp³-hybridized carbons (Fsp3) is 0.200. The molecule has 15 rings (SSSR count). The Balaban J connectivity index is 1.03. The normalized spacial score (nSPS) is 14.4. The molecule has 0 aliphatic heterocycles. The van der Waals surface area contributed by atoms with E-state index in [2.05, 4.69) is 249 Å². The van der Waals surface area contributed by atoms with Crippen LogP contribution in [0, 0.1) is 13.8 Å². The third-order valence-electron chi connectivity index (χ3n) is 19.0. The Morgan fingerprint density at radius 2 is 0.905 bits per heavy atom. The highest BCUT2D eigenvalue weighted by Crippen LogP contribution is 2.55. The predicted molar refractivity (Wildman–Crippen MR) is 355 cm³/mol. The summed E-state index contributed by atoms with van der Waals surface area (Å²) in [4.78, 5) is 4.93. The minimum Gasteiger partial charge on any atom is -0.505 e. The number of nitrogens with zero attached hydrogens (tertiary/aromatic N) is 2. The summed E-state index contributed by atoms with van der Waals surface area (Å²) in [6, 6.07) is 80.5. The molecule has 0 saturated heterocycles. The van der Waals surface area contributed by atoms with Crippen molar-refractivity contribution < 1.29 is 9.52 Å². The number of fused-ring (bicyclic) bond motifs is 3. The van der Waals surface area contributed by atoms with Crippen LogP contribution in [-0.2, 0) is 6.42 Å². The molecule has 13 aromatic rings. The van der Waals surface area contributed by atoms with Gasteiger partial charge in [0, 0.05) is 44.0 Å². The Morgan fingerprint density at radius 3 is 1.57 bits per heavy atom. The molecule has 12 aromatic carbocycles. The highest BCUT2D eigenvalue weighted by Gasteiger charge is 2.31. The van der Waals surface area contributed by atoms with Crippen LogP contribution in [-0.4, -0.2) is 5.11 Å². The van der Waals surface area contributed by atoms with Crippen molar-refractivity contribution in [2.75, 3.05) is 9.80 Å². The van der Waals surface area contributed by atoms with Crippen LogP contribution in [0.25, 0.3) is 87.6 Å². The number of phenols is 1. The van der Waals surface area contributed by atoms with Gasteiger partial charge in [-0.3, -0.25) is 0 Å². The van der Waals surface area contributed by atoms with Crippen LogP contribution in [0.1, 0.15) is 111 Å². The van der Waals surface area contributed by atoms with E-state index in [1.54, 1.807) is 0 Å². The minimum atomic E-state index is 0.258. The number of hydrogen-bond donors (Lipinski definition) is 1. The van der Waals surface area contributed by atoms with Gasteiger partial charge < -0.3 is 19.3 Å². The van der Waals surface area contributed by atoms with Crippen LogP contribution in [0.15, 0.2) is 223 Å². The van der Waals surface area contributed by atoms with E-state index in [0.29, 0.717) is 11.8 Å². The zero-order chi connectivity index (χ0) is 56.4. The van der Waals surface area contributed by atoms with Crippen LogP contribution < -0.4 is 9.80 Å². The molecule has 2 fully saturated rings. The molecule has 0 spiro atoms. The molecule has 0 atom stereocenters. The molecule has 412 valence electrons. The monoisotopic (exact) mass is 1090 g/mol. The van der Waals surface area contributed by atoms with Crippen LogP contribution in [0.2, 0.25) is 0 Å². The van der Waals surface area contributed by atoms with E-state index in [9.17, 15) is 5.11 Å². The molecular formula is C80H70N2O2. The zero-order valence-electron chi connectivity index (χ0n) is 48.5. The molecule has 2 aliphatic carbocycles. The molecule has 0 bridgehead atoms. The van der Waals surface area contributed by atoms with E-state index in [-0.39, 0.29) is 5.75 Å². The molecule has 0 amide bonds. The van der Waals surface area contributed by atoms with Gasteiger partial charge in [0.2, 0.25) is 0 Å². The van der Waals surface area contributed by atoms with Crippen molar-refractivity contribution in [3.63, 3.8) is 0 Å². The first-order valence-corrected chi connectivity index (χ1v) is 30.9. The van der Waals surface area contributed by atoms with Gasteiger partial charge in [-0.25, -0.2) is 0 Å². The summed E-state index contributed by atoms with van der Waals surface area (Å²) < 4.78 is 7.35. The number of rotatable bonds is 12.